The van der Waals surface area contributed by atoms with Crippen molar-refractivity contribution in [1.29, 1.82) is 0 Å². The summed E-state index contributed by atoms with van der Waals surface area (Å²) < 4.78 is 29.1. The van der Waals surface area contributed by atoms with Gasteiger partial charge in [0.1, 0.15) is 6.10 Å². The van der Waals surface area contributed by atoms with Gasteiger partial charge in [0.05, 0.1) is 29.9 Å². The van der Waals surface area contributed by atoms with Gasteiger partial charge in [0.25, 0.3) is 0 Å². The number of aliphatic hydroxyl groups is 1. The van der Waals surface area contributed by atoms with Crippen LogP contribution < -0.4 is 0 Å². The standard InChI is InChI=1S/C31H28O9/c1-2-3-19-36-31-27(40-30(35)23-17-11-6-12-18-23)26(39-29(34)22-15-9-5-10-16-22)25(24(20-32)37-31)38-28(33)21-13-7-4-8-14-21/h1,4-18,24-27,31-32H,3,19-20H2/t24-,25+,26+,27-,31-/m1/s1. The molecule has 0 unspecified atom stereocenters. The van der Waals surface area contributed by atoms with Crippen LogP contribution in [0.5, 0.6) is 0 Å². The molecule has 1 aliphatic heterocycles. The second-order valence-electron chi connectivity index (χ2n) is 8.76. The lowest BCUT2D eigenvalue weighted by atomic mass is 9.97. The van der Waals surface area contributed by atoms with E-state index in [0.717, 1.165) is 0 Å². The smallest absolute Gasteiger partial charge is 0.338 e. The number of hydrogen-bond donors (Lipinski definition) is 1. The first-order valence-electron chi connectivity index (χ1n) is 12.6. The molecule has 40 heavy (non-hydrogen) atoms. The van der Waals surface area contributed by atoms with Crippen LogP contribution in [-0.2, 0) is 23.7 Å². The Morgan fingerprint density at radius 1 is 0.700 bits per heavy atom. The van der Waals surface area contributed by atoms with Crippen LogP contribution in [0.1, 0.15) is 37.5 Å². The SMILES string of the molecule is C#CCCO[C@@H]1O[C@H](CO)[C@H](OC(=O)c2ccccc2)[C@H](OC(=O)c2ccccc2)[C@H]1OC(=O)c1ccccc1. The highest BCUT2D eigenvalue weighted by Crippen LogP contribution is 2.31. The molecule has 1 saturated heterocycles. The number of carbonyl (C=O) groups is 3. The van der Waals surface area contributed by atoms with Crippen molar-refractivity contribution in [3.8, 4) is 12.3 Å². The Morgan fingerprint density at radius 2 is 1.12 bits per heavy atom. The van der Waals surface area contributed by atoms with Crippen LogP contribution >= 0.6 is 0 Å². The minimum absolute atomic E-state index is 0.0204. The molecule has 206 valence electrons. The number of hydrogen-bond acceptors (Lipinski definition) is 9. The average Bonchev–Trinajstić information content (AvgIpc) is 3.00. The largest absolute Gasteiger partial charge is 0.452 e. The Labute approximate surface area is 231 Å². The van der Waals surface area contributed by atoms with Gasteiger partial charge in [0.2, 0.25) is 0 Å². The highest BCUT2D eigenvalue weighted by atomic mass is 16.7. The van der Waals surface area contributed by atoms with Crippen molar-refractivity contribution < 1.29 is 43.2 Å². The Balaban J connectivity index is 1.71. The van der Waals surface area contributed by atoms with E-state index in [1.54, 1.807) is 91.0 Å². The maximum Gasteiger partial charge on any atom is 0.338 e. The number of benzene rings is 3. The lowest BCUT2D eigenvalue weighted by Crippen LogP contribution is -2.63. The molecular weight excluding hydrogens is 516 g/mol. The molecular formula is C31H28O9. The first-order valence-corrected chi connectivity index (χ1v) is 12.6. The maximum absolute atomic E-state index is 13.2. The van der Waals surface area contributed by atoms with E-state index in [1.165, 1.54) is 0 Å². The number of esters is 3. The molecule has 0 aliphatic carbocycles. The van der Waals surface area contributed by atoms with Gasteiger partial charge in [-0.05, 0) is 36.4 Å². The zero-order chi connectivity index (χ0) is 28.3. The normalized spacial score (nSPS) is 21.9. The molecule has 1 N–H and O–H groups in total. The van der Waals surface area contributed by atoms with Crippen LogP contribution in [-0.4, -0.2) is 66.9 Å². The summed E-state index contributed by atoms with van der Waals surface area (Å²) in [6, 6.07) is 24.4. The Kier molecular flexibility index (Phi) is 10.0. The number of aliphatic hydroxyl groups excluding tert-OH is 1. The van der Waals surface area contributed by atoms with E-state index in [0.29, 0.717) is 0 Å². The summed E-state index contributed by atoms with van der Waals surface area (Å²) in [5, 5.41) is 10.2. The molecule has 1 fully saturated rings. The van der Waals surface area contributed by atoms with Gasteiger partial charge in [-0.15, -0.1) is 12.3 Å². The summed E-state index contributed by atoms with van der Waals surface area (Å²) >= 11 is 0. The van der Waals surface area contributed by atoms with Gasteiger partial charge in [-0.1, -0.05) is 54.6 Å². The van der Waals surface area contributed by atoms with Crippen molar-refractivity contribution in [2.45, 2.75) is 37.1 Å². The fraction of sp³-hybridized carbons (Fsp3) is 0.258. The van der Waals surface area contributed by atoms with Gasteiger partial charge in [-0.25, -0.2) is 14.4 Å². The molecule has 9 nitrogen and oxygen atoms in total. The monoisotopic (exact) mass is 544 g/mol. The molecule has 9 heteroatoms. The lowest BCUT2D eigenvalue weighted by molar-refractivity contribution is -0.298. The van der Waals surface area contributed by atoms with E-state index in [4.69, 9.17) is 30.1 Å². The molecule has 0 amide bonds. The van der Waals surface area contributed by atoms with Gasteiger partial charge in [-0.3, -0.25) is 0 Å². The Morgan fingerprint density at radius 3 is 1.55 bits per heavy atom. The first kappa shape index (κ1) is 28.5. The average molecular weight is 545 g/mol. The number of carbonyl (C=O) groups excluding carboxylic acids is 3. The minimum Gasteiger partial charge on any atom is -0.452 e. The van der Waals surface area contributed by atoms with Crippen molar-refractivity contribution in [3.63, 3.8) is 0 Å². The van der Waals surface area contributed by atoms with Crippen LogP contribution in [0.25, 0.3) is 0 Å². The van der Waals surface area contributed by atoms with Crippen molar-refractivity contribution in [2.75, 3.05) is 13.2 Å². The molecule has 0 saturated carbocycles. The van der Waals surface area contributed by atoms with E-state index in [1.807, 2.05) is 0 Å². The second kappa shape index (κ2) is 14.1. The molecule has 1 aliphatic rings. The molecule has 0 bridgehead atoms. The van der Waals surface area contributed by atoms with Crippen LogP contribution in [0.4, 0.5) is 0 Å². The Bertz CT molecular complexity index is 1300. The van der Waals surface area contributed by atoms with E-state index in [-0.39, 0.29) is 29.7 Å². The third-order valence-electron chi connectivity index (χ3n) is 6.06. The van der Waals surface area contributed by atoms with Gasteiger partial charge < -0.3 is 28.8 Å². The predicted octanol–water partition coefficient (Wildman–Crippen LogP) is 3.42. The third kappa shape index (κ3) is 7.12. The summed E-state index contributed by atoms with van der Waals surface area (Å²) in [6.07, 6.45) is -1.11. The molecule has 5 atom stereocenters. The van der Waals surface area contributed by atoms with Crippen LogP contribution in [0.3, 0.4) is 0 Å². The first-order chi connectivity index (χ1) is 19.5. The minimum atomic E-state index is -1.42. The molecule has 3 aromatic rings. The molecule has 1 heterocycles. The predicted molar refractivity (Wildman–Crippen MR) is 142 cm³/mol. The van der Waals surface area contributed by atoms with Crippen molar-refractivity contribution in [2.24, 2.45) is 0 Å². The third-order valence-corrected chi connectivity index (χ3v) is 6.06. The van der Waals surface area contributed by atoms with Crippen molar-refractivity contribution in [1.82, 2.24) is 0 Å². The van der Waals surface area contributed by atoms with Crippen molar-refractivity contribution in [3.05, 3.63) is 108 Å². The zero-order valence-corrected chi connectivity index (χ0v) is 21.5. The highest BCUT2D eigenvalue weighted by molar-refractivity contribution is 5.91. The lowest BCUT2D eigenvalue weighted by Gasteiger charge is -2.44. The van der Waals surface area contributed by atoms with Crippen molar-refractivity contribution >= 4 is 17.9 Å². The summed E-state index contributed by atoms with van der Waals surface area (Å²) in [5.41, 5.74) is 0.651. The fourth-order valence-corrected chi connectivity index (χ4v) is 4.09. The summed E-state index contributed by atoms with van der Waals surface area (Å²) in [7, 11) is 0. The molecule has 4 rings (SSSR count). The molecule has 0 spiro atoms. The topological polar surface area (TPSA) is 118 Å². The summed E-state index contributed by atoms with van der Waals surface area (Å²) in [5.74, 6) is 0.159. The maximum atomic E-state index is 13.2. The van der Waals surface area contributed by atoms with Crippen LogP contribution in [0, 0.1) is 12.3 Å². The van der Waals surface area contributed by atoms with Gasteiger partial charge in [0.15, 0.2) is 24.6 Å². The zero-order valence-electron chi connectivity index (χ0n) is 21.5. The van der Waals surface area contributed by atoms with E-state index in [9.17, 15) is 19.5 Å². The van der Waals surface area contributed by atoms with Gasteiger partial charge >= 0.3 is 17.9 Å². The molecule has 3 aromatic carbocycles. The number of ether oxygens (including phenoxy) is 5. The summed E-state index contributed by atoms with van der Waals surface area (Å²) in [4.78, 5) is 39.4. The van der Waals surface area contributed by atoms with Gasteiger partial charge in [-0.2, -0.15) is 0 Å². The Hall–Kier alpha value is -4.49. The molecule has 0 radical (unpaired) electrons. The second-order valence-corrected chi connectivity index (χ2v) is 8.76. The van der Waals surface area contributed by atoms with Crippen LogP contribution in [0.2, 0.25) is 0 Å². The fourth-order valence-electron chi connectivity index (χ4n) is 4.09. The summed E-state index contributed by atoms with van der Waals surface area (Å²) in [6.45, 7) is -0.604. The van der Waals surface area contributed by atoms with Gasteiger partial charge in [0, 0.05) is 6.42 Å². The molecule has 0 aromatic heterocycles. The quantitative estimate of drug-likeness (QED) is 0.177. The van der Waals surface area contributed by atoms with Crippen LogP contribution in [0.15, 0.2) is 91.0 Å². The van der Waals surface area contributed by atoms with E-state index >= 15 is 0 Å². The highest BCUT2D eigenvalue weighted by Gasteiger charge is 2.53. The van der Waals surface area contributed by atoms with E-state index in [2.05, 4.69) is 5.92 Å². The number of terminal acetylenes is 1. The number of rotatable bonds is 10. The van der Waals surface area contributed by atoms with E-state index < -0.39 is 55.2 Å².